The summed E-state index contributed by atoms with van der Waals surface area (Å²) < 4.78 is 0.737. The number of nitrogens with one attached hydrogen (secondary N) is 2. The molecular weight excluding hydrogens is 312 g/mol. The van der Waals surface area contributed by atoms with Gasteiger partial charge in [0, 0.05) is 11.4 Å². The van der Waals surface area contributed by atoms with Crippen LogP contribution in [0.1, 0.15) is 37.0 Å². The Labute approximate surface area is 132 Å². The number of urea groups is 1. The van der Waals surface area contributed by atoms with Crippen LogP contribution < -0.4 is 10.6 Å². The molecule has 2 amide bonds. The zero-order chi connectivity index (χ0) is 15.3. The van der Waals surface area contributed by atoms with Gasteiger partial charge in [0.15, 0.2) is 0 Å². The van der Waals surface area contributed by atoms with Gasteiger partial charge in [0.1, 0.15) is 0 Å². The first-order valence-corrected chi connectivity index (χ1v) is 8.21. The molecule has 0 aromatic carbocycles. The minimum atomic E-state index is -0.870. The molecule has 1 aliphatic carbocycles. The van der Waals surface area contributed by atoms with E-state index in [0.29, 0.717) is 6.54 Å². The van der Waals surface area contributed by atoms with Gasteiger partial charge in [-0.3, -0.25) is 4.79 Å². The third kappa shape index (κ3) is 4.89. The van der Waals surface area contributed by atoms with Crippen molar-refractivity contribution in [1.82, 2.24) is 10.6 Å². The number of carbonyl (C=O) groups excluding carboxylic acids is 1. The zero-order valence-electron chi connectivity index (χ0n) is 11.7. The number of carboxylic acid groups (broad SMARTS) is 1. The number of halogens is 1. The van der Waals surface area contributed by atoms with Crippen molar-refractivity contribution < 1.29 is 14.7 Å². The Morgan fingerprint density at radius 3 is 2.62 bits per heavy atom. The fourth-order valence-electron chi connectivity index (χ4n) is 2.76. The number of hydrogen-bond acceptors (Lipinski definition) is 3. The van der Waals surface area contributed by atoms with Gasteiger partial charge in [-0.15, -0.1) is 11.3 Å². The summed E-state index contributed by atoms with van der Waals surface area (Å²) in [7, 11) is 0. The Balaban J connectivity index is 1.78. The molecule has 1 aromatic heterocycles. The first kappa shape index (κ1) is 16.1. The number of rotatable bonds is 6. The predicted octanol–water partition coefficient (Wildman–Crippen LogP) is 3.03. The Hall–Kier alpha value is -1.27. The van der Waals surface area contributed by atoms with Crippen LogP contribution in [0.15, 0.2) is 12.1 Å². The molecule has 0 bridgehead atoms. The molecule has 116 valence electrons. The summed E-state index contributed by atoms with van der Waals surface area (Å²) >= 11 is 7.34. The minimum absolute atomic E-state index is 0.0129. The normalized spacial score (nSPS) is 16.6. The fraction of sp³-hybridized carbons (Fsp3) is 0.571. The summed E-state index contributed by atoms with van der Waals surface area (Å²) in [6, 6.07) is 3.48. The van der Waals surface area contributed by atoms with Crippen LogP contribution in [0.4, 0.5) is 4.79 Å². The SMILES string of the molecule is O=C(O)CC1(NC(=O)NCCc2ccc(Cl)s2)CCCC1. The topological polar surface area (TPSA) is 78.4 Å². The second-order valence-corrected chi connectivity index (χ2v) is 7.19. The predicted molar refractivity (Wildman–Crippen MR) is 83.0 cm³/mol. The highest BCUT2D eigenvalue weighted by atomic mass is 35.5. The maximum absolute atomic E-state index is 11.9. The van der Waals surface area contributed by atoms with Crippen LogP contribution in [-0.2, 0) is 11.2 Å². The van der Waals surface area contributed by atoms with E-state index >= 15 is 0 Å². The molecule has 1 aromatic rings. The Morgan fingerprint density at radius 1 is 1.33 bits per heavy atom. The Morgan fingerprint density at radius 2 is 2.05 bits per heavy atom. The average Bonchev–Trinajstić information content (AvgIpc) is 2.98. The smallest absolute Gasteiger partial charge is 0.315 e. The van der Waals surface area contributed by atoms with Crippen LogP contribution in [0.2, 0.25) is 4.34 Å². The van der Waals surface area contributed by atoms with Gasteiger partial charge >= 0.3 is 12.0 Å². The van der Waals surface area contributed by atoms with Gasteiger partial charge < -0.3 is 15.7 Å². The van der Waals surface area contributed by atoms with Crippen LogP contribution in [-0.4, -0.2) is 29.2 Å². The van der Waals surface area contributed by atoms with Gasteiger partial charge in [0.2, 0.25) is 0 Å². The summed E-state index contributed by atoms with van der Waals surface area (Å²) in [4.78, 5) is 24.0. The van der Waals surface area contributed by atoms with Gasteiger partial charge in [0.05, 0.1) is 16.3 Å². The molecule has 1 aliphatic rings. The van der Waals surface area contributed by atoms with E-state index in [-0.39, 0.29) is 12.5 Å². The van der Waals surface area contributed by atoms with Crippen LogP contribution >= 0.6 is 22.9 Å². The van der Waals surface area contributed by atoms with Gasteiger partial charge in [-0.2, -0.15) is 0 Å². The van der Waals surface area contributed by atoms with Crippen LogP contribution in [0.3, 0.4) is 0 Å². The monoisotopic (exact) mass is 330 g/mol. The largest absolute Gasteiger partial charge is 0.481 e. The van der Waals surface area contributed by atoms with E-state index in [2.05, 4.69) is 10.6 Å². The number of carbonyl (C=O) groups is 2. The molecule has 1 saturated carbocycles. The van der Waals surface area contributed by atoms with E-state index < -0.39 is 11.5 Å². The summed E-state index contributed by atoms with van der Waals surface area (Å²) in [5.41, 5.74) is -0.581. The lowest BCUT2D eigenvalue weighted by Gasteiger charge is -2.28. The van der Waals surface area contributed by atoms with Crippen molar-refractivity contribution in [1.29, 1.82) is 0 Å². The van der Waals surface area contributed by atoms with Gasteiger partial charge in [-0.25, -0.2) is 4.79 Å². The Kier molecular flexibility index (Phi) is 5.47. The van der Waals surface area contributed by atoms with Crippen molar-refractivity contribution >= 4 is 34.9 Å². The van der Waals surface area contributed by atoms with Crippen molar-refractivity contribution in [3.8, 4) is 0 Å². The van der Waals surface area contributed by atoms with E-state index in [1.165, 1.54) is 11.3 Å². The molecule has 3 N–H and O–H groups in total. The fourth-order valence-corrected chi connectivity index (χ4v) is 3.84. The van der Waals surface area contributed by atoms with Gasteiger partial charge in [-0.1, -0.05) is 24.4 Å². The molecule has 1 fully saturated rings. The first-order chi connectivity index (χ1) is 9.99. The second-order valence-electron chi connectivity index (χ2n) is 5.39. The molecule has 21 heavy (non-hydrogen) atoms. The number of aliphatic carboxylic acids is 1. The first-order valence-electron chi connectivity index (χ1n) is 7.01. The molecule has 0 radical (unpaired) electrons. The third-order valence-electron chi connectivity index (χ3n) is 3.71. The van der Waals surface area contributed by atoms with Crippen molar-refractivity contribution in [2.24, 2.45) is 0 Å². The highest BCUT2D eigenvalue weighted by Crippen LogP contribution is 2.32. The molecule has 0 unspecified atom stereocenters. The summed E-state index contributed by atoms with van der Waals surface area (Å²) in [6.45, 7) is 0.506. The van der Waals surface area contributed by atoms with Crippen molar-refractivity contribution in [3.05, 3.63) is 21.3 Å². The van der Waals surface area contributed by atoms with E-state index in [4.69, 9.17) is 16.7 Å². The lowest BCUT2D eigenvalue weighted by Crippen LogP contribution is -2.51. The lowest BCUT2D eigenvalue weighted by molar-refractivity contribution is -0.138. The summed E-state index contributed by atoms with van der Waals surface area (Å²) in [5.74, 6) is -0.870. The van der Waals surface area contributed by atoms with E-state index in [1.807, 2.05) is 12.1 Å². The van der Waals surface area contributed by atoms with E-state index in [1.54, 1.807) is 0 Å². The van der Waals surface area contributed by atoms with Gasteiger partial charge in [0.25, 0.3) is 0 Å². The summed E-state index contributed by atoms with van der Waals surface area (Å²) in [5, 5.41) is 14.6. The molecule has 0 aliphatic heterocycles. The van der Waals surface area contributed by atoms with Crippen molar-refractivity contribution in [3.63, 3.8) is 0 Å². The molecular formula is C14H19ClN2O3S. The number of amides is 2. The second kappa shape index (κ2) is 7.13. The van der Waals surface area contributed by atoms with Crippen molar-refractivity contribution in [2.45, 2.75) is 44.1 Å². The molecule has 0 saturated heterocycles. The number of thiophene rings is 1. The van der Waals surface area contributed by atoms with E-state index in [0.717, 1.165) is 41.3 Å². The standard InChI is InChI=1S/C14H19ClN2O3S/c15-11-4-3-10(21-11)5-8-16-13(20)17-14(9-12(18)19)6-1-2-7-14/h3-4H,1-2,5-9H2,(H,18,19)(H2,16,17,20). The minimum Gasteiger partial charge on any atom is -0.481 e. The molecule has 5 nitrogen and oxygen atoms in total. The Bertz CT molecular complexity index is 512. The van der Waals surface area contributed by atoms with Crippen LogP contribution in [0.25, 0.3) is 0 Å². The summed E-state index contributed by atoms with van der Waals surface area (Å²) in [6.07, 6.45) is 4.08. The number of carboxylic acids is 1. The third-order valence-corrected chi connectivity index (χ3v) is 5.01. The highest BCUT2D eigenvalue weighted by Gasteiger charge is 2.37. The number of hydrogen-bond donors (Lipinski definition) is 3. The molecule has 0 spiro atoms. The van der Waals surface area contributed by atoms with Crippen LogP contribution in [0.5, 0.6) is 0 Å². The van der Waals surface area contributed by atoms with E-state index in [9.17, 15) is 9.59 Å². The average molecular weight is 331 g/mol. The van der Waals surface area contributed by atoms with Gasteiger partial charge in [-0.05, 0) is 31.4 Å². The maximum atomic E-state index is 11.9. The molecule has 1 heterocycles. The zero-order valence-corrected chi connectivity index (χ0v) is 13.2. The molecule has 2 rings (SSSR count). The van der Waals surface area contributed by atoms with Crippen LogP contribution in [0, 0.1) is 0 Å². The highest BCUT2D eigenvalue weighted by molar-refractivity contribution is 7.16. The molecule has 0 atom stereocenters. The maximum Gasteiger partial charge on any atom is 0.315 e. The lowest BCUT2D eigenvalue weighted by atomic mass is 9.93. The van der Waals surface area contributed by atoms with Crippen molar-refractivity contribution in [2.75, 3.05) is 6.54 Å². The molecule has 7 heteroatoms. The quantitative estimate of drug-likeness (QED) is 0.750.